The zero-order valence-corrected chi connectivity index (χ0v) is 23.0. The summed E-state index contributed by atoms with van der Waals surface area (Å²) < 4.78 is 2.27. The van der Waals surface area contributed by atoms with Crippen LogP contribution in [0, 0.1) is 0 Å². The Balaban J connectivity index is 1.49. The summed E-state index contributed by atoms with van der Waals surface area (Å²) in [5.74, 6) is 0.975. The molecule has 38 heavy (non-hydrogen) atoms. The van der Waals surface area contributed by atoms with Crippen molar-refractivity contribution in [2.75, 3.05) is 35.1 Å². The molecule has 0 atom stereocenters. The van der Waals surface area contributed by atoms with Crippen LogP contribution >= 0.6 is 23.2 Å². The lowest BCUT2D eigenvalue weighted by Crippen LogP contribution is -2.36. The van der Waals surface area contributed by atoms with Gasteiger partial charge in [-0.15, -0.1) is 23.2 Å². The number of nitrogens with one attached hydrogen (secondary N) is 1. The second kappa shape index (κ2) is 13.8. The molecule has 3 aromatic carbocycles. The summed E-state index contributed by atoms with van der Waals surface area (Å²) in [5, 5.41) is 4.03. The second-order valence-electron chi connectivity index (χ2n) is 8.80. The molecular formula is C32H32Cl2N3O+. The number of anilines is 2. The molecule has 0 saturated carbocycles. The zero-order valence-electron chi connectivity index (χ0n) is 21.5. The van der Waals surface area contributed by atoms with E-state index in [1.54, 1.807) is 6.08 Å². The van der Waals surface area contributed by atoms with Gasteiger partial charge in [0.2, 0.25) is 17.1 Å². The lowest BCUT2D eigenvalue weighted by Gasteiger charge is -2.22. The minimum atomic E-state index is -0.157. The number of aromatic nitrogens is 1. The molecule has 0 unspecified atom stereocenters. The van der Waals surface area contributed by atoms with Crippen LogP contribution in [0.5, 0.6) is 0 Å². The largest absolute Gasteiger partial charge is 0.369 e. The lowest BCUT2D eigenvalue weighted by atomic mass is 10.1. The summed E-state index contributed by atoms with van der Waals surface area (Å²) in [6.45, 7) is 4.50. The Labute approximate surface area is 234 Å². The molecule has 0 radical (unpaired) electrons. The maximum Gasteiger partial charge on any atom is 0.248 e. The van der Waals surface area contributed by atoms with Crippen LogP contribution in [-0.4, -0.2) is 30.8 Å². The van der Waals surface area contributed by atoms with Crippen molar-refractivity contribution in [3.8, 4) is 0 Å². The van der Waals surface area contributed by atoms with E-state index in [1.807, 2.05) is 48.5 Å². The summed E-state index contributed by atoms with van der Waals surface area (Å²) >= 11 is 11.9. The number of halogens is 2. The summed E-state index contributed by atoms with van der Waals surface area (Å²) in [6.07, 6.45) is 7.62. The summed E-state index contributed by atoms with van der Waals surface area (Å²) in [7, 11) is 0. The maximum absolute atomic E-state index is 12.4. The molecular weight excluding hydrogens is 513 g/mol. The number of carbonyl (C=O) groups excluding carboxylic acids is 1. The van der Waals surface area contributed by atoms with Gasteiger partial charge in [0.05, 0.1) is 0 Å². The van der Waals surface area contributed by atoms with Gasteiger partial charge in [0.1, 0.15) is 6.54 Å². The molecule has 4 nitrogen and oxygen atoms in total. The van der Waals surface area contributed by atoms with Crippen molar-refractivity contribution in [1.29, 1.82) is 0 Å². The molecule has 0 aliphatic heterocycles. The van der Waals surface area contributed by atoms with E-state index in [9.17, 15) is 4.79 Å². The number of hydrogen-bond donors (Lipinski definition) is 1. The Morgan fingerprint density at radius 3 is 2.24 bits per heavy atom. The third-order valence-electron chi connectivity index (χ3n) is 6.29. The van der Waals surface area contributed by atoms with Crippen molar-refractivity contribution in [3.63, 3.8) is 0 Å². The Bertz CT molecular complexity index is 1410. The van der Waals surface area contributed by atoms with Gasteiger partial charge in [-0.05, 0) is 60.5 Å². The molecule has 0 saturated heterocycles. The fraction of sp³-hybridized carbons (Fsp3) is 0.188. The zero-order chi connectivity index (χ0) is 26.7. The van der Waals surface area contributed by atoms with E-state index in [0.29, 0.717) is 11.8 Å². The molecule has 1 aromatic heterocycles. The molecule has 4 rings (SSSR count). The highest BCUT2D eigenvalue weighted by Crippen LogP contribution is 2.20. The lowest BCUT2D eigenvalue weighted by molar-refractivity contribution is -0.669. The van der Waals surface area contributed by atoms with Crippen molar-refractivity contribution < 1.29 is 9.36 Å². The number of pyridine rings is 1. The van der Waals surface area contributed by atoms with Gasteiger partial charge in [-0.25, -0.2) is 0 Å². The van der Waals surface area contributed by atoms with Crippen LogP contribution in [0.2, 0.25) is 0 Å². The number of carbonyl (C=O) groups is 1. The third-order valence-corrected chi connectivity index (χ3v) is 6.63. The van der Waals surface area contributed by atoms with E-state index in [1.165, 1.54) is 0 Å². The van der Waals surface area contributed by atoms with Gasteiger partial charge in [-0.3, -0.25) is 4.79 Å². The average molecular weight is 546 g/mol. The first-order chi connectivity index (χ1) is 18.6. The first-order valence-corrected chi connectivity index (χ1v) is 13.8. The molecule has 0 bridgehead atoms. The van der Waals surface area contributed by atoms with Gasteiger partial charge in [0.15, 0.2) is 0 Å². The normalized spacial score (nSPS) is 11.4. The fourth-order valence-corrected chi connectivity index (χ4v) is 4.79. The first kappa shape index (κ1) is 27.4. The summed E-state index contributed by atoms with van der Waals surface area (Å²) in [5.41, 5.74) is 6.22. The fourth-order valence-electron chi connectivity index (χ4n) is 4.39. The smallest absolute Gasteiger partial charge is 0.248 e. The molecule has 6 heteroatoms. The minimum Gasteiger partial charge on any atom is -0.369 e. The molecule has 0 fully saturated rings. The topological polar surface area (TPSA) is 36.2 Å². The van der Waals surface area contributed by atoms with E-state index in [0.717, 1.165) is 58.7 Å². The highest BCUT2D eigenvalue weighted by atomic mass is 35.5. The SMILES string of the molecule is CC[n+]1c(C=Cc2ccc(N(CCCl)CCCl)cc2)ccc2cc(NC(=O)C=Cc3ccccc3)ccc21. The Hall–Kier alpha value is -3.60. The molecule has 4 aromatic rings. The number of benzene rings is 3. The maximum atomic E-state index is 12.4. The number of aryl methyl sites for hydroxylation is 1. The van der Waals surface area contributed by atoms with E-state index < -0.39 is 0 Å². The van der Waals surface area contributed by atoms with Gasteiger partial charge in [0, 0.05) is 65.9 Å². The number of nitrogens with zero attached hydrogens (tertiary/aromatic N) is 2. The van der Waals surface area contributed by atoms with Gasteiger partial charge in [0.25, 0.3) is 0 Å². The molecule has 0 aliphatic rings. The predicted octanol–water partition coefficient (Wildman–Crippen LogP) is 7.25. The van der Waals surface area contributed by atoms with Crippen LogP contribution < -0.4 is 14.8 Å². The molecule has 1 amide bonds. The molecule has 1 heterocycles. The second-order valence-corrected chi connectivity index (χ2v) is 9.56. The van der Waals surface area contributed by atoms with Crippen molar-refractivity contribution >= 4 is 69.6 Å². The Kier molecular flexibility index (Phi) is 9.97. The van der Waals surface area contributed by atoms with E-state index in [4.69, 9.17) is 23.2 Å². The Morgan fingerprint density at radius 2 is 1.55 bits per heavy atom. The highest BCUT2D eigenvalue weighted by Gasteiger charge is 2.13. The van der Waals surface area contributed by atoms with Crippen LogP contribution in [0.15, 0.2) is 91.0 Å². The van der Waals surface area contributed by atoms with Crippen molar-refractivity contribution in [1.82, 2.24) is 0 Å². The van der Waals surface area contributed by atoms with Crippen LogP contribution in [0.1, 0.15) is 23.7 Å². The van der Waals surface area contributed by atoms with E-state index in [2.05, 4.69) is 76.3 Å². The molecule has 0 spiro atoms. The molecule has 0 aliphatic carbocycles. The standard InChI is InChI=1S/C32H31Cl2N3O/c1-2-37-30(16-10-26-8-14-29(15-9-26)36(22-20-33)23-21-34)17-12-27-24-28(13-18-31(27)37)35-32(38)19-11-25-6-4-3-5-7-25/h3-19,24H,2,20-23H2,1H3/p+1. The number of hydrogen-bond acceptors (Lipinski definition) is 2. The average Bonchev–Trinajstić information content (AvgIpc) is 2.95. The summed E-state index contributed by atoms with van der Waals surface area (Å²) in [4.78, 5) is 14.6. The van der Waals surface area contributed by atoms with Crippen LogP contribution in [0.4, 0.5) is 11.4 Å². The van der Waals surface area contributed by atoms with Crippen LogP contribution in [0.3, 0.4) is 0 Å². The van der Waals surface area contributed by atoms with Gasteiger partial charge < -0.3 is 10.2 Å². The number of rotatable bonds is 11. The quantitative estimate of drug-likeness (QED) is 0.122. The Morgan fingerprint density at radius 1 is 0.842 bits per heavy atom. The molecule has 194 valence electrons. The predicted molar refractivity (Wildman–Crippen MR) is 163 cm³/mol. The highest BCUT2D eigenvalue weighted by molar-refractivity contribution is 6.18. The van der Waals surface area contributed by atoms with Gasteiger partial charge in [-0.2, -0.15) is 4.57 Å². The van der Waals surface area contributed by atoms with Crippen molar-refractivity contribution in [2.24, 2.45) is 0 Å². The van der Waals surface area contributed by atoms with Gasteiger partial charge in [-0.1, -0.05) is 42.5 Å². The number of amides is 1. The molecule has 1 N–H and O–H groups in total. The monoisotopic (exact) mass is 544 g/mol. The first-order valence-electron chi connectivity index (χ1n) is 12.8. The third kappa shape index (κ3) is 7.25. The van der Waals surface area contributed by atoms with Crippen LogP contribution in [-0.2, 0) is 11.3 Å². The van der Waals surface area contributed by atoms with E-state index in [-0.39, 0.29) is 5.91 Å². The van der Waals surface area contributed by atoms with Crippen molar-refractivity contribution in [2.45, 2.75) is 13.5 Å². The minimum absolute atomic E-state index is 0.157. The summed E-state index contributed by atoms with van der Waals surface area (Å²) in [6, 6.07) is 28.4. The van der Waals surface area contributed by atoms with Crippen LogP contribution in [0.25, 0.3) is 29.1 Å². The van der Waals surface area contributed by atoms with Crippen molar-refractivity contribution in [3.05, 3.63) is 108 Å². The van der Waals surface area contributed by atoms with Gasteiger partial charge >= 0.3 is 0 Å². The van der Waals surface area contributed by atoms with E-state index >= 15 is 0 Å². The number of fused-ring (bicyclic) bond motifs is 1. The number of alkyl halides is 2.